The van der Waals surface area contributed by atoms with E-state index in [2.05, 4.69) is 25.7 Å². The van der Waals surface area contributed by atoms with Crippen LogP contribution in [0.4, 0.5) is 10.1 Å². The number of nitrogens with zero attached hydrogens (tertiary/aromatic N) is 4. The summed E-state index contributed by atoms with van der Waals surface area (Å²) in [5.41, 5.74) is 1.25. The summed E-state index contributed by atoms with van der Waals surface area (Å²) in [6.07, 6.45) is 0.380. The molecule has 0 unspecified atom stereocenters. The van der Waals surface area contributed by atoms with E-state index in [9.17, 15) is 9.18 Å². The van der Waals surface area contributed by atoms with Crippen molar-refractivity contribution in [3.05, 3.63) is 71.1 Å². The summed E-state index contributed by atoms with van der Waals surface area (Å²) < 4.78 is 24.0. The Bertz CT molecular complexity index is 1180. The van der Waals surface area contributed by atoms with E-state index >= 15 is 0 Å². The summed E-state index contributed by atoms with van der Waals surface area (Å²) in [6.45, 7) is 0. The third-order valence-electron chi connectivity index (χ3n) is 4.03. The monoisotopic (exact) mass is 459 g/mol. The average Bonchev–Trinajstić information content (AvgIpc) is 3.44. The Morgan fingerprint density at radius 3 is 2.81 bits per heavy atom. The van der Waals surface area contributed by atoms with Crippen LogP contribution in [0.5, 0.6) is 0 Å². The molecule has 1 amide bonds. The second-order valence-corrected chi connectivity index (χ2v) is 7.64. The van der Waals surface area contributed by atoms with Gasteiger partial charge in [-0.15, -0.1) is 10.2 Å². The molecule has 0 aliphatic rings. The highest BCUT2D eigenvalue weighted by Crippen LogP contribution is 2.25. The van der Waals surface area contributed by atoms with Crippen LogP contribution in [0.2, 0.25) is 5.02 Å². The molecule has 2 heterocycles. The van der Waals surface area contributed by atoms with Gasteiger partial charge >= 0.3 is 0 Å². The molecule has 158 valence electrons. The molecule has 0 saturated heterocycles. The molecule has 2 aromatic heterocycles. The molecule has 0 fully saturated rings. The minimum Gasteiger partial charge on any atom is -0.411 e. The Hall–Kier alpha value is -3.24. The van der Waals surface area contributed by atoms with E-state index in [0.29, 0.717) is 34.3 Å². The number of aromatic nitrogens is 4. The SMILES string of the molecule is O=C(CCc1nc(CSc2nnc(-c3ccccc3)o2)no1)Nc1ccc(F)c(Cl)c1. The van der Waals surface area contributed by atoms with E-state index in [1.807, 2.05) is 30.3 Å². The molecule has 0 bridgehead atoms. The van der Waals surface area contributed by atoms with Gasteiger partial charge in [0.2, 0.25) is 17.7 Å². The van der Waals surface area contributed by atoms with Crippen LogP contribution < -0.4 is 5.32 Å². The van der Waals surface area contributed by atoms with Crippen molar-refractivity contribution < 1.29 is 18.1 Å². The van der Waals surface area contributed by atoms with E-state index in [-0.39, 0.29) is 23.8 Å². The highest BCUT2D eigenvalue weighted by atomic mass is 35.5. The lowest BCUT2D eigenvalue weighted by Gasteiger charge is -2.04. The van der Waals surface area contributed by atoms with Gasteiger partial charge in [-0.25, -0.2) is 4.39 Å². The number of thioether (sulfide) groups is 1. The molecular weight excluding hydrogens is 445 g/mol. The first kappa shape index (κ1) is 21.0. The minimum absolute atomic E-state index is 0.0611. The zero-order chi connectivity index (χ0) is 21.6. The van der Waals surface area contributed by atoms with Crippen molar-refractivity contribution in [1.82, 2.24) is 20.3 Å². The van der Waals surface area contributed by atoms with E-state index < -0.39 is 5.82 Å². The number of anilines is 1. The van der Waals surface area contributed by atoms with Gasteiger partial charge in [-0.05, 0) is 30.3 Å². The Morgan fingerprint density at radius 1 is 1.16 bits per heavy atom. The van der Waals surface area contributed by atoms with Gasteiger partial charge in [0.1, 0.15) is 5.82 Å². The Balaban J connectivity index is 1.25. The number of hydrogen-bond donors (Lipinski definition) is 1. The topological polar surface area (TPSA) is 107 Å². The van der Waals surface area contributed by atoms with Gasteiger partial charge in [0.05, 0.1) is 10.8 Å². The smallest absolute Gasteiger partial charge is 0.277 e. The van der Waals surface area contributed by atoms with Crippen LogP contribution in [-0.2, 0) is 17.0 Å². The molecule has 0 spiro atoms. The zero-order valence-electron chi connectivity index (χ0n) is 15.9. The van der Waals surface area contributed by atoms with E-state index in [0.717, 1.165) is 5.56 Å². The summed E-state index contributed by atoms with van der Waals surface area (Å²) in [6, 6.07) is 13.4. The lowest BCUT2D eigenvalue weighted by Crippen LogP contribution is -2.12. The van der Waals surface area contributed by atoms with Crippen LogP contribution in [0.15, 0.2) is 62.7 Å². The van der Waals surface area contributed by atoms with Crippen molar-refractivity contribution in [1.29, 1.82) is 0 Å². The molecule has 0 aliphatic carbocycles. The summed E-state index contributed by atoms with van der Waals surface area (Å²) in [7, 11) is 0. The molecular formula is C20H15ClFN5O3S. The maximum absolute atomic E-state index is 13.2. The Morgan fingerprint density at radius 2 is 2.00 bits per heavy atom. The fraction of sp³-hybridized carbons (Fsp3) is 0.150. The Kier molecular flexibility index (Phi) is 6.58. The van der Waals surface area contributed by atoms with Crippen molar-refractivity contribution >= 4 is 35.0 Å². The Labute approximate surface area is 185 Å². The van der Waals surface area contributed by atoms with Gasteiger partial charge in [0, 0.05) is 24.1 Å². The maximum Gasteiger partial charge on any atom is 0.277 e. The van der Waals surface area contributed by atoms with Crippen LogP contribution in [0.25, 0.3) is 11.5 Å². The third kappa shape index (κ3) is 5.68. The molecule has 4 rings (SSSR count). The van der Waals surface area contributed by atoms with Crippen LogP contribution in [-0.4, -0.2) is 26.2 Å². The van der Waals surface area contributed by atoms with E-state index in [4.69, 9.17) is 20.5 Å². The summed E-state index contributed by atoms with van der Waals surface area (Å²) in [5, 5.41) is 14.9. The van der Waals surface area contributed by atoms with Gasteiger partial charge in [-0.2, -0.15) is 4.98 Å². The summed E-state index contributed by atoms with van der Waals surface area (Å²) >= 11 is 6.99. The number of aryl methyl sites for hydroxylation is 1. The largest absolute Gasteiger partial charge is 0.411 e. The molecule has 0 aliphatic heterocycles. The predicted molar refractivity (Wildman–Crippen MR) is 112 cm³/mol. The normalized spacial score (nSPS) is 10.9. The van der Waals surface area contributed by atoms with Crippen molar-refractivity contribution in [3.8, 4) is 11.5 Å². The highest BCUT2D eigenvalue weighted by Gasteiger charge is 2.13. The molecule has 0 radical (unpaired) electrons. The molecule has 0 atom stereocenters. The van der Waals surface area contributed by atoms with Gasteiger partial charge in [-0.1, -0.05) is 46.7 Å². The number of amides is 1. The quantitative estimate of drug-likeness (QED) is 0.375. The molecule has 2 aromatic carbocycles. The van der Waals surface area contributed by atoms with Crippen LogP contribution in [0.3, 0.4) is 0 Å². The predicted octanol–water partition coefficient (Wildman–Crippen LogP) is 4.78. The summed E-state index contributed by atoms with van der Waals surface area (Å²) in [5.74, 6) is 0.762. The first-order valence-corrected chi connectivity index (χ1v) is 10.5. The van der Waals surface area contributed by atoms with E-state index in [1.54, 1.807) is 0 Å². The third-order valence-corrected chi connectivity index (χ3v) is 5.14. The highest BCUT2D eigenvalue weighted by molar-refractivity contribution is 7.98. The number of halogens is 2. The molecule has 0 saturated carbocycles. The average molecular weight is 460 g/mol. The maximum atomic E-state index is 13.2. The fourth-order valence-corrected chi connectivity index (χ4v) is 3.35. The number of hydrogen-bond acceptors (Lipinski definition) is 8. The summed E-state index contributed by atoms with van der Waals surface area (Å²) in [4.78, 5) is 16.3. The number of carbonyl (C=O) groups excluding carboxylic acids is 1. The van der Waals surface area contributed by atoms with Crippen molar-refractivity contribution in [2.24, 2.45) is 0 Å². The minimum atomic E-state index is -0.548. The van der Waals surface area contributed by atoms with Gasteiger partial charge in [-0.3, -0.25) is 4.79 Å². The van der Waals surface area contributed by atoms with Crippen molar-refractivity contribution in [3.63, 3.8) is 0 Å². The second-order valence-electron chi connectivity index (χ2n) is 6.31. The number of nitrogens with one attached hydrogen (secondary N) is 1. The van der Waals surface area contributed by atoms with E-state index in [1.165, 1.54) is 30.0 Å². The number of carbonyl (C=O) groups is 1. The van der Waals surface area contributed by atoms with Crippen LogP contribution >= 0.6 is 23.4 Å². The molecule has 1 N–H and O–H groups in total. The number of rotatable bonds is 8. The van der Waals surface area contributed by atoms with Crippen LogP contribution in [0, 0.1) is 5.82 Å². The van der Waals surface area contributed by atoms with Gasteiger partial charge in [0.25, 0.3) is 5.22 Å². The standard InChI is InChI=1S/C20H15ClFN5O3S/c21-14-10-13(6-7-15(14)22)23-17(28)8-9-18-24-16(27-30-18)11-31-20-26-25-19(29-20)12-4-2-1-3-5-12/h1-7,10H,8-9,11H2,(H,23,28). The second kappa shape index (κ2) is 9.71. The zero-order valence-corrected chi connectivity index (χ0v) is 17.5. The lowest BCUT2D eigenvalue weighted by atomic mass is 10.2. The molecule has 11 heteroatoms. The van der Waals surface area contributed by atoms with Crippen molar-refractivity contribution in [2.75, 3.05) is 5.32 Å². The molecule has 4 aromatic rings. The lowest BCUT2D eigenvalue weighted by molar-refractivity contribution is -0.116. The fourth-order valence-electron chi connectivity index (χ4n) is 2.56. The van der Waals surface area contributed by atoms with Crippen molar-refractivity contribution in [2.45, 2.75) is 23.8 Å². The number of benzene rings is 2. The van der Waals surface area contributed by atoms with Crippen LogP contribution in [0.1, 0.15) is 18.1 Å². The first-order valence-electron chi connectivity index (χ1n) is 9.15. The van der Waals surface area contributed by atoms with Gasteiger partial charge in [0.15, 0.2) is 5.82 Å². The van der Waals surface area contributed by atoms with Gasteiger partial charge < -0.3 is 14.3 Å². The first-order chi connectivity index (χ1) is 15.1. The molecule has 8 nitrogen and oxygen atoms in total. The molecule has 31 heavy (non-hydrogen) atoms.